The lowest BCUT2D eigenvalue weighted by atomic mass is 10.2. The lowest BCUT2D eigenvalue weighted by Gasteiger charge is -2.06. The van der Waals surface area contributed by atoms with Gasteiger partial charge < -0.3 is 10.6 Å². The lowest BCUT2D eigenvalue weighted by Crippen LogP contribution is -2.37. The molecule has 2 rings (SSSR count). The summed E-state index contributed by atoms with van der Waals surface area (Å²) in [5, 5.41) is 18.4. The SMILES string of the molecule is O=C(CNC(=O)c1ccccc1)NCCc1nn[nH]n1. The zero-order chi connectivity index (χ0) is 14.2. The van der Waals surface area contributed by atoms with Gasteiger partial charge in [-0.15, -0.1) is 10.2 Å². The Labute approximate surface area is 115 Å². The van der Waals surface area contributed by atoms with Crippen LogP contribution in [0.5, 0.6) is 0 Å². The van der Waals surface area contributed by atoms with E-state index in [1.54, 1.807) is 24.3 Å². The number of carbonyl (C=O) groups excluding carboxylic acids is 2. The second kappa shape index (κ2) is 6.98. The van der Waals surface area contributed by atoms with Crippen molar-refractivity contribution in [1.29, 1.82) is 0 Å². The third kappa shape index (κ3) is 4.16. The molecule has 8 nitrogen and oxygen atoms in total. The summed E-state index contributed by atoms with van der Waals surface area (Å²) in [6.45, 7) is 0.319. The maximum atomic E-state index is 11.7. The molecule has 3 N–H and O–H groups in total. The predicted molar refractivity (Wildman–Crippen MR) is 69.7 cm³/mol. The summed E-state index contributed by atoms with van der Waals surface area (Å²) in [4.78, 5) is 23.2. The number of rotatable bonds is 6. The highest BCUT2D eigenvalue weighted by Crippen LogP contribution is 1.97. The molecule has 0 saturated carbocycles. The van der Waals surface area contributed by atoms with Crippen LogP contribution in [0.15, 0.2) is 30.3 Å². The Bertz CT molecular complexity index is 555. The molecule has 0 aliphatic carbocycles. The summed E-state index contributed by atoms with van der Waals surface area (Å²) in [7, 11) is 0. The monoisotopic (exact) mass is 274 g/mol. The first-order chi connectivity index (χ1) is 9.75. The summed E-state index contributed by atoms with van der Waals surface area (Å²) in [6, 6.07) is 8.72. The van der Waals surface area contributed by atoms with Crippen molar-refractivity contribution in [1.82, 2.24) is 31.3 Å². The van der Waals surface area contributed by atoms with E-state index in [1.165, 1.54) is 0 Å². The summed E-state index contributed by atoms with van der Waals surface area (Å²) in [5.74, 6) is -0.0182. The molecule has 1 aromatic heterocycles. The molecule has 104 valence electrons. The first-order valence-electron chi connectivity index (χ1n) is 6.08. The summed E-state index contributed by atoms with van der Waals surface area (Å²) >= 11 is 0. The molecule has 0 aliphatic rings. The van der Waals surface area contributed by atoms with E-state index >= 15 is 0 Å². The molecule has 0 radical (unpaired) electrons. The van der Waals surface area contributed by atoms with Crippen LogP contribution in [0.2, 0.25) is 0 Å². The van der Waals surface area contributed by atoms with E-state index in [2.05, 4.69) is 31.3 Å². The molecular weight excluding hydrogens is 260 g/mol. The number of nitrogens with one attached hydrogen (secondary N) is 3. The zero-order valence-electron chi connectivity index (χ0n) is 10.7. The third-order valence-corrected chi connectivity index (χ3v) is 2.51. The number of H-pyrrole nitrogens is 1. The van der Waals surface area contributed by atoms with Gasteiger partial charge in [0.1, 0.15) is 0 Å². The van der Waals surface area contributed by atoms with Gasteiger partial charge in [0.25, 0.3) is 5.91 Å². The first-order valence-corrected chi connectivity index (χ1v) is 6.08. The van der Waals surface area contributed by atoms with Crippen molar-refractivity contribution < 1.29 is 9.59 Å². The molecule has 0 fully saturated rings. The highest BCUT2D eigenvalue weighted by Gasteiger charge is 2.07. The first kappa shape index (κ1) is 13.7. The number of benzene rings is 1. The van der Waals surface area contributed by atoms with E-state index in [0.717, 1.165) is 0 Å². The fourth-order valence-corrected chi connectivity index (χ4v) is 1.52. The average Bonchev–Trinajstić information content (AvgIpc) is 2.99. The van der Waals surface area contributed by atoms with Gasteiger partial charge in [-0.25, -0.2) is 0 Å². The highest BCUT2D eigenvalue weighted by atomic mass is 16.2. The average molecular weight is 274 g/mol. The number of amides is 2. The highest BCUT2D eigenvalue weighted by molar-refractivity contribution is 5.96. The second-order valence-electron chi connectivity index (χ2n) is 3.98. The van der Waals surface area contributed by atoms with Crippen LogP contribution >= 0.6 is 0 Å². The number of hydrogen-bond acceptors (Lipinski definition) is 5. The number of carbonyl (C=O) groups is 2. The van der Waals surface area contributed by atoms with Crippen molar-refractivity contribution in [2.45, 2.75) is 6.42 Å². The molecule has 0 bridgehead atoms. The van der Waals surface area contributed by atoms with Crippen LogP contribution < -0.4 is 10.6 Å². The summed E-state index contributed by atoms with van der Waals surface area (Å²) in [6.07, 6.45) is 0.481. The van der Waals surface area contributed by atoms with Crippen molar-refractivity contribution in [3.05, 3.63) is 41.7 Å². The minimum Gasteiger partial charge on any atom is -0.354 e. The Morgan fingerprint density at radius 3 is 2.65 bits per heavy atom. The van der Waals surface area contributed by atoms with Gasteiger partial charge >= 0.3 is 0 Å². The normalized spacial score (nSPS) is 10.0. The number of aromatic nitrogens is 4. The molecule has 8 heteroatoms. The van der Waals surface area contributed by atoms with Crippen LogP contribution in [0.4, 0.5) is 0 Å². The van der Waals surface area contributed by atoms with Crippen LogP contribution in [0.25, 0.3) is 0 Å². The third-order valence-electron chi connectivity index (χ3n) is 2.51. The largest absolute Gasteiger partial charge is 0.354 e. The van der Waals surface area contributed by atoms with Gasteiger partial charge in [-0.05, 0) is 12.1 Å². The number of nitrogens with zero attached hydrogens (tertiary/aromatic N) is 3. The molecule has 0 aliphatic heterocycles. The van der Waals surface area contributed by atoms with Gasteiger partial charge in [0.15, 0.2) is 5.82 Å². The molecule has 0 spiro atoms. The van der Waals surface area contributed by atoms with Crippen molar-refractivity contribution in [3.8, 4) is 0 Å². The molecule has 0 saturated heterocycles. The molecule has 0 unspecified atom stereocenters. The van der Waals surface area contributed by atoms with Crippen LogP contribution in [0, 0.1) is 0 Å². The molecule has 1 heterocycles. The van der Waals surface area contributed by atoms with Crippen molar-refractivity contribution in [3.63, 3.8) is 0 Å². The van der Waals surface area contributed by atoms with Crippen molar-refractivity contribution in [2.24, 2.45) is 0 Å². The fourth-order valence-electron chi connectivity index (χ4n) is 1.52. The topological polar surface area (TPSA) is 113 Å². The maximum Gasteiger partial charge on any atom is 0.251 e. The quantitative estimate of drug-likeness (QED) is 0.644. The maximum absolute atomic E-state index is 11.7. The van der Waals surface area contributed by atoms with Gasteiger partial charge in [-0.2, -0.15) is 5.21 Å². The van der Waals surface area contributed by atoms with Crippen LogP contribution in [-0.2, 0) is 11.2 Å². The van der Waals surface area contributed by atoms with Crippen molar-refractivity contribution >= 4 is 11.8 Å². The van der Waals surface area contributed by atoms with Crippen LogP contribution in [-0.4, -0.2) is 45.5 Å². The predicted octanol–water partition coefficient (Wildman–Crippen LogP) is -0.712. The van der Waals surface area contributed by atoms with E-state index in [1.807, 2.05) is 6.07 Å². The molecular formula is C12H14N6O2. The number of aromatic amines is 1. The van der Waals surface area contributed by atoms with Gasteiger partial charge in [-0.3, -0.25) is 9.59 Å². The number of hydrogen-bond donors (Lipinski definition) is 3. The second-order valence-corrected chi connectivity index (χ2v) is 3.98. The Balaban J connectivity index is 1.66. The molecule has 2 amide bonds. The van der Waals surface area contributed by atoms with E-state index in [0.29, 0.717) is 24.4 Å². The Morgan fingerprint density at radius 1 is 1.15 bits per heavy atom. The Morgan fingerprint density at radius 2 is 1.95 bits per heavy atom. The molecule has 2 aromatic rings. The number of tetrazole rings is 1. The fraction of sp³-hybridized carbons (Fsp3) is 0.250. The van der Waals surface area contributed by atoms with Crippen LogP contribution in [0.3, 0.4) is 0 Å². The van der Waals surface area contributed by atoms with E-state index in [-0.39, 0.29) is 18.4 Å². The van der Waals surface area contributed by atoms with Crippen molar-refractivity contribution in [2.75, 3.05) is 13.1 Å². The van der Waals surface area contributed by atoms with Gasteiger partial charge in [0.2, 0.25) is 5.91 Å². The minimum atomic E-state index is -0.279. The molecule has 0 atom stereocenters. The minimum absolute atomic E-state index is 0.0695. The Hall–Kier alpha value is -2.77. The van der Waals surface area contributed by atoms with Gasteiger partial charge in [-0.1, -0.05) is 23.4 Å². The Kier molecular flexibility index (Phi) is 4.76. The zero-order valence-corrected chi connectivity index (χ0v) is 10.7. The van der Waals surface area contributed by atoms with E-state index in [9.17, 15) is 9.59 Å². The van der Waals surface area contributed by atoms with E-state index < -0.39 is 0 Å². The lowest BCUT2D eigenvalue weighted by molar-refractivity contribution is -0.120. The summed E-state index contributed by atoms with van der Waals surface area (Å²) < 4.78 is 0. The van der Waals surface area contributed by atoms with Gasteiger partial charge in [0, 0.05) is 18.5 Å². The smallest absolute Gasteiger partial charge is 0.251 e. The van der Waals surface area contributed by atoms with Gasteiger partial charge in [0.05, 0.1) is 6.54 Å². The van der Waals surface area contributed by atoms with Crippen LogP contribution in [0.1, 0.15) is 16.2 Å². The summed E-state index contributed by atoms with van der Waals surface area (Å²) in [5.41, 5.74) is 0.520. The molecule has 1 aromatic carbocycles. The molecule has 20 heavy (non-hydrogen) atoms. The van der Waals surface area contributed by atoms with E-state index in [4.69, 9.17) is 0 Å². The standard InChI is InChI=1S/C12H14N6O2/c19-11(13-7-6-10-15-17-18-16-10)8-14-12(20)9-4-2-1-3-5-9/h1-5H,6-8H2,(H,13,19)(H,14,20)(H,15,16,17,18).